The monoisotopic (exact) mass is 541 g/mol. The Morgan fingerprint density at radius 2 is 1.81 bits per heavy atom. The van der Waals surface area contributed by atoms with Gasteiger partial charge in [-0.2, -0.15) is 0 Å². The predicted octanol–water partition coefficient (Wildman–Crippen LogP) is -4.13. The smallest absolute Gasteiger partial charge is 0.366 e. The minimum atomic E-state index is -2.42. The van der Waals surface area contributed by atoms with Gasteiger partial charge in [-0.1, -0.05) is 13.3 Å². The van der Waals surface area contributed by atoms with Crippen molar-refractivity contribution >= 4 is 11.9 Å². The van der Waals surface area contributed by atoms with E-state index >= 15 is 0 Å². The van der Waals surface area contributed by atoms with Crippen LogP contribution in [0.4, 0.5) is 0 Å². The van der Waals surface area contributed by atoms with Crippen molar-refractivity contribution in [3.63, 3.8) is 0 Å². The highest BCUT2D eigenvalue weighted by Gasteiger charge is 2.57. The molecule has 216 valence electrons. The predicted molar refractivity (Wildman–Crippen MR) is 120 cm³/mol. The number of unbranched alkanes of at least 4 members (excludes halogenated alkanes) is 1. The molecule has 0 bridgehead atoms. The lowest BCUT2D eigenvalue weighted by Gasteiger charge is -2.47. The maximum absolute atomic E-state index is 13.2. The molecule has 0 saturated carbocycles. The molecule has 11 atom stereocenters. The van der Waals surface area contributed by atoms with Crippen molar-refractivity contribution in [2.75, 3.05) is 26.9 Å². The van der Waals surface area contributed by atoms with E-state index in [-0.39, 0.29) is 6.61 Å². The standard InChI is InChI=1S/C22H39NO14/c1-4-5-6-34-21(32)22(35-9-13-16(29)17(30)18(31)20(33-3)36-13)7-11(26)14(23-10(2)25)19(37-22)15(28)12(27)8-24/h11-20,24,26-31H,4-9H2,1-3H3,(H,23,25)/t11?,12?,13?,14-,15-,16+,17?,18?,19?,20-,22-/m1/s1. The SMILES string of the molecule is CCCCOC(=O)[C@@]1(OCC2O[C@@H](OC)C(O)C(O)[C@H]2O)CC(O)[C@@H](NC(C)=O)C([C@H](O)C(O)CO)O1. The lowest BCUT2D eigenvalue weighted by molar-refractivity contribution is -0.337. The van der Waals surface area contributed by atoms with Gasteiger partial charge >= 0.3 is 5.97 Å². The summed E-state index contributed by atoms with van der Waals surface area (Å²) in [5, 5.41) is 73.7. The van der Waals surface area contributed by atoms with Crippen LogP contribution in [0.3, 0.4) is 0 Å². The van der Waals surface area contributed by atoms with Gasteiger partial charge in [-0.25, -0.2) is 4.79 Å². The first kappa shape index (κ1) is 31.7. The Bertz CT molecular complexity index is 740. The van der Waals surface area contributed by atoms with Crippen LogP contribution >= 0.6 is 0 Å². The summed E-state index contributed by atoms with van der Waals surface area (Å²) in [5.74, 6) is -4.14. The van der Waals surface area contributed by atoms with Gasteiger partial charge in [-0.3, -0.25) is 4.79 Å². The largest absolute Gasteiger partial charge is 0.462 e. The maximum Gasteiger partial charge on any atom is 0.366 e. The minimum Gasteiger partial charge on any atom is -0.462 e. The Labute approximate surface area is 213 Å². The van der Waals surface area contributed by atoms with E-state index in [1.54, 1.807) is 0 Å². The normalized spacial score (nSPS) is 38.0. The number of hydrogen-bond donors (Lipinski definition) is 8. The molecule has 0 spiro atoms. The first-order valence-electron chi connectivity index (χ1n) is 12.1. The summed E-state index contributed by atoms with van der Waals surface area (Å²) in [6.45, 7) is 1.41. The molecule has 37 heavy (non-hydrogen) atoms. The van der Waals surface area contributed by atoms with Gasteiger partial charge in [-0.05, 0) is 6.42 Å². The van der Waals surface area contributed by atoms with Crippen LogP contribution in [-0.4, -0.2) is 142 Å². The highest BCUT2D eigenvalue weighted by molar-refractivity contribution is 5.78. The molecular weight excluding hydrogens is 502 g/mol. The minimum absolute atomic E-state index is 0.0410. The van der Waals surface area contributed by atoms with Crippen LogP contribution < -0.4 is 5.32 Å². The number of rotatable bonds is 12. The highest BCUT2D eigenvalue weighted by atomic mass is 16.8. The third-order valence-corrected chi connectivity index (χ3v) is 6.28. The number of esters is 1. The fourth-order valence-electron chi connectivity index (χ4n) is 4.15. The van der Waals surface area contributed by atoms with Crippen LogP contribution in [0.25, 0.3) is 0 Å². The fourth-order valence-corrected chi connectivity index (χ4v) is 4.15. The average Bonchev–Trinajstić information content (AvgIpc) is 2.87. The third kappa shape index (κ3) is 7.54. The first-order chi connectivity index (χ1) is 17.4. The molecule has 15 nitrogen and oxygen atoms in total. The van der Waals surface area contributed by atoms with Crippen LogP contribution in [0.5, 0.6) is 0 Å². The van der Waals surface area contributed by atoms with E-state index in [0.717, 1.165) is 6.92 Å². The number of methoxy groups -OCH3 is 1. The topological polar surface area (TPSA) is 234 Å². The Morgan fingerprint density at radius 3 is 2.38 bits per heavy atom. The molecule has 0 aromatic carbocycles. The molecule has 2 heterocycles. The quantitative estimate of drug-likeness (QED) is 0.0866. The Balaban J connectivity index is 2.37. The summed E-state index contributed by atoms with van der Waals surface area (Å²) in [6.07, 6.45) is -14.0. The number of carbonyl (C=O) groups excluding carboxylic acids is 2. The van der Waals surface area contributed by atoms with Crippen molar-refractivity contribution in [3.05, 3.63) is 0 Å². The van der Waals surface area contributed by atoms with Crippen molar-refractivity contribution in [3.8, 4) is 0 Å². The van der Waals surface area contributed by atoms with E-state index in [9.17, 15) is 45.3 Å². The number of carbonyl (C=O) groups is 2. The highest BCUT2D eigenvalue weighted by Crippen LogP contribution is 2.35. The Hall–Kier alpha value is -1.50. The van der Waals surface area contributed by atoms with Gasteiger partial charge in [0, 0.05) is 20.5 Å². The van der Waals surface area contributed by atoms with Crippen LogP contribution in [0.2, 0.25) is 0 Å². The lowest BCUT2D eigenvalue weighted by Crippen LogP contribution is -2.68. The van der Waals surface area contributed by atoms with Gasteiger partial charge in [-0.15, -0.1) is 0 Å². The molecular formula is C22H39NO14. The van der Waals surface area contributed by atoms with E-state index in [4.69, 9.17) is 23.7 Å². The average molecular weight is 542 g/mol. The van der Waals surface area contributed by atoms with E-state index in [1.165, 1.54) is 7.11 Å². The van der Waals surface area contributed by atoms with Gasteiger partial charge in [0.1, 0.15) is 42.7 Å². The molecule has 2 aliphatic heterocycles. The molecule has 8 N–H and O–H groups in total. The van der Waals surface area contributed by atoms with Gasteiger partial charge in [0.2, 0.25) is 5.91 Å². The molecule has 1 amide bonds. The molecule has 2 aliphatic rings. The number of hydrogen-bond acceptors (Lipinski definition) is 14. The van der Waals surface area contributed by atoms with E-state index in [2.05, 4.69) is 5.32 Å². The number of amides is 1. The van der Waals surface area contributed by atoms with E-state index in [1.807, 2.05) is 6.92 Å². The van der Waals surface area contributed by atoms with Crippen LogP contribution in [0.15, 0.2) is 0 Å². The summed E-state index contributed by atoms with van der Waals surface area (Å²) >= 11 is 0. The molecule has 6 unspecified atom stereocenters. The number of aliphatic hydroxyl groups is 7. The Kier molecular flexibility index (Phi) is 12.0. The fraction of sp³-hybridized carbons (Fsp3) is 0.909. The van der Waals surface area contributed by atoms with Crippen molar-refractivity contribution in [1.29, 1.82) is 0 Å². The lowest BCUT2D eigenvalue weighted by atomic mass is 9.88. The number of nitrogens with one attached hydrogen (secondary N) is 1. The molecule has 15 heteroatoms. The second kappa shape index (κ2) is 14.0. The molecule has 0 aromatic heterocycles. The van der Waals surface area contributed by atoms with E-state index < -0.39 is 98.5 Å². The first-order valence-corrected chi connectivity index (χ1v) is 12.1. The van der Waals surface area contributed by atoms with Gasteiger partial charge < -0.3 is 64.7 Å². The van der Waals surface area contributed by atoms with Crippen LogP contribution in [0.1, 0.15) is 33.1 Å². The van der Waals surface area contributed by atoms with Gasteiger partial charge in [0.05, 0.1) is 32.0 Å². The summed E-state index contributed by atoms with van der Waals surface area (Å²) in [7, 11) is 1.20. The number of ether oxygens (including phenoxy) is 5. The van der Waals surface area contributed by atoms with Crippen LogP contribution in [0, 0.1) is 0 Å². The van der Waals surface area contributed by atoms with Crippen molar-refractivity contribution in [1.82, 2.24) is 5.32 Å². The number of aliphatic hydroxyl groups excluding tert-OH is 7. The molecule has 0 aliphatic carbocycles. The van der Waals surface area contributed by atoms with Crippen molar-refractivity contribution in [2.24, 2.45) is 0 Å². The Morgan fingerprint density at radius 1 is 1.14 bits per heavy atom. The second-order valence-electron chi connectivity index (χ2n) is 9.12. The zero-order valence-corrected chi connectivity index (χ0v) is 21.0. The van der Waals surface area contributed by atoms with Gasteiger partial charge in [0.25, 0.3) is 5.79 Å². The van der Waals surface area contributed by atoms with E-state index in [0.29, 0.717) is 12.8 Å². The zero-order valence-electron chi connectivity index (χ0n) is 21.0. The molecule has 2 saturated heterocycles. The van der Waals surface area contributed by atoms with Gasteiger partial charge in [0.15, 0.2) is 6.29 Å². The molecule has 2 fully saturated rings. The van der Waals surface area contributed by atoms with Crippen LogP contribution in [-0.2, 0) is 33.3 Å². The molecule has 0 radical (unpaired) electrons. The maximum atomic E-state index is 13.2. The molecule has 0 aromatic rings. The third-order valence-electron chi connectivity index (χ3n) is 6.28. The zero-order chi connectivity index (χ0) is 27.9. The van der Waals surface area contributed by atoms with Crippen molar-refractivity contribution < 1.29 is 69.0 Å². The summed E-state index contributed by atoms with van der Waals surface area (Å²) in [6, 6.07) is -1.32. The summed E-state index contributed by atoms with van der Waals surface area (Å²) in [4.78, 5) is 24.9. The molecule has 2 rings (SSSR count). The second-order valence-corrected chi connectivity index (χ2v) is 9.12. The van der Waals surface area contributed by atoms with Crippen molar-refractivity contribution in [2.45, 2.75) is 100 Å². The summed E-state index contributed by atoms with van der Waals surface area (Å²) in [5.41, 5.74) is 0. The summed E-state index contributed by atoms with van der Waals surface area (Å²) < 4.78 is 27.1.